The van der Waals surface area contributed by atoms with E-state index >= 15 is 0 Å². The number of ether oxygens (including phenoxy) is 2. The first-order chi connectivity index (χ1) is 23.9. The van der Waals surface area contributed by atoms with Crippen LogP contribution in [-0.4, -0.2) is 70.6 Å². The minimum Gasteiger partial charge on any atom is -0.464 e. The predicted octanol–water partition coefficient (Wildman–Crippen LogP) is 5.98. The molecule has 3 heterocycles. The fraction of sp³-hybridized carbons (Fsp3) is 0.538. The molecule has 3 aliphatic heterocycles. The summed E-state index contributed by atoms with van der Waals surface area (Å²) in [7, 11) is 0. The van der Waals surface area contributed by atoms with Gasteiger partial charge in [0.05, 0.1) is 19.7 Å². The molecule has 2 aromatic carbocycles. The molecular weight excluding hydrogens is 639 g/mol. The van der Waals surface area contributed by atoms with Crippen molar-refractivity contribution in [2.24, 2.45) is 5.92 Å². The highest BCUT2D eigenvalue weighted by atomic mass is 19.1. The van der Waals surface area contributed by atoms with E-state index in [1.165, 1.54) is 15.9 Å². The van der Waals surface area contributed by atoms with Gasteiger partial charge in [-0.3, -0.25) is 14.5 Å². The van der Waals surface area contributed by atoms with Crippen molar-refractivity contribution in [1.82, 2.24) is 15.1 Å². The molecule has 0 bridgehead atoms. The van der Waals surface area contributed by atoms with Crippen molar-refractivity contribution < 1.29 is 33.0 Å². The van der Waals surface area contributed by atoms with Crippen molar-refractivity contribution in [2.45, 2.75) is 115 Å². The maximum Gasteiger partial charge on any atom is 0.410 e. The van der Waals surface area contributed by atoms with E-state index in [4.69, 9.17) is 9.47 Å². The molecule has 10 nitrogen and oxygen atoms in total. The number of esters is 1. The molecule has 50 heavy (non-hydrogen) atoms. The number of rotatable bonds is 5. The van der Waals surface area contributed by atoms with Crippen molar-refractivity contribution in [1.29, 1.82) is 0 Å². The van der Waals surface area contributed by atoms with Crippen LogP contribution in [0.5, 0.6) is 0 Å². The molecule has 4 aliphatic rings. The van der Waals surface area contributed by atoms with E-state index in [-0.39, 0.29) is 55.7 Å². The lowest BCUT2D eigenvalue weighted by atomic mass is 9.87. The Morgan fingerprint density at radius 1 is 1.08 bits per heavy atom. The number of amides is 3. The number of carbonyl (C=O) groups is 4. The summed E-state index contributed by atoms with van der Waals surface area (Å²) in [6, 6.07) is 11.2. The average Bonchev–Trinajstić information content (AvgIpc) is 3.38. The van der Waals surface area contributed by atoms with E-state index in [0.29, 0.717) is 18.4 Å². The van der Waals surface area contributed by atoms with Gasteiger partial charge in [-0.2, -0.15) is 0 Å². The standard InChI is InChI=1S/C39H49FN4O6/c1-5-49-36(47)39-21-27(39)14-9-7-6-8-10-18-32(41-28-16-12-15-26(19-28)38(2,3)4)35(46)44-23-29(20-33(44)34(45)42-39)50-37(48)43-22-25-13-11-17-31(40)30(25)24-43/h9,11-17,19,27,29,32-33,41H,5-8,10,18,20-24H2,1-4H3,(H,42,45). The molecule has 0 aromatic heterocycles. The lowest BCUT2D eigenvalue weighted by molar-refractivity contribution is -0.150. The van der Waals surface area contributed by atoms with Crippen molar-refractivity contribution in [3.05, 3.63) is 77.1 Å². The normalized spacial score (nSPS) is 26.9. The Hall–Kier alpha value is -4.41. The summed E-state index contributed by atoms with van der Waals surface area (Å²) in [6.45, 7) is 8.60. The number of halogens is 1. The quantitative estimate of drug-likeness (QED) is 0.293. The molecular formula is C39H49FN4O6. The minimum atomic E-state index is -1.20. The number of benzene rings is 2. The SMILES string of the molecule is CCOC(=O)C12CC1C=CCCCCCC(Nc1cccc(C(C)(C)C)c1)C(=O)N1CC(OC(=O)N3Cc4cccc(F)c4C3)CC1C(=O)N2. The number of anilines is 1. The molecule has 5 unspecified atom stereocenters. The van der Waals surface area contributed by atoms with Gasteiger partial charge in [-0.05, 0) is 67.3 Å². The summed E-state index contributed by atoms with van der Waals surface area (Å²) in [6.07, 6.45) is 7.11. The van der Waals surface area contributed by atoms with E-state index in [2.05, 4.69) is 49.6 Å². The summed E-state index contributed by atoms with van der Waals surface area (Å²) in [5.74, 6) is -1.84. The first kappa shape index (κ1) is 35.4. The fourth-order valence-electron chi connectivity index (χ4n) is 7.40. The van der Waals surface area contributed by atoms with Crippen LogP contribution in [0.25, 0.3) is 0 Å². The molecule has 5 atom stereocenters. The number of nitrogens with zero attached hydrogens (tertiary/aromatic N) is 2. The van der Waals surface area contributed by atoms with Gasteiger partial charge in [-0.15, -0.1) is 0 Å². The maximum absolute atomic E-state index is 14.6. The third kappa shape index (κ3) is 7.51. The average molecular weight is 689 g/mol. The van der Waals surface area contributed by atoms with Crippen LogP contribution in [0, 0.1) is 11.7 Å². The maximum atomic E-state index is 14.6. The van der Waals surface area contributed by atoms with E-state index in [1.807, 2.05) is 18.2 Å². The molecule has 1 aliphatic carbocycles. The van der Waals surface area contributed by atoms with Crippen LogP contribution in [0.1, 0.15) is 89.3 Å². The second-order valence-corrected chi connectivity index (χ2v) is 15.1. The largest absolute Gasteiger partial charge is 0.464 e. The predicted molar refractivity (Wildman–Crippen MR) is 186 cm³/mol. The fourth-order valence-corrected chi connectivity index (χ4v) is 7.40. The molecule has 1 saturated carbocycles. The second-order valence-electron chi connectivity index (χ2n) is 15.1. The van der Waals surface area contributed by atoms with Crippen molar-refractivity contribution >= 4 is 29.6 Å². The van der Waals surface area contributed by atoms with E-state index < -0.39 is 41.7 Å². The number of allylic oxidation sites excluding steroid dienone is 1. The Labute approximate surface area is 293 Å². The second kappa shape index (κ2) is 14.4. The lowest BCUT2D eigenvalue weighted by Crippen LogP contribution is -2.55. The van der Waals surface area contributed by atoms with E-state index in [9.17, 15) is 23.6 Å². The van der Waals surface area contributed by atoms with Crippen molar-refractivity contribution in [2.75, 3.05) is 18.5 Å². The van der Waals surface area contributed by atoms with Gasteiger partial charge in [-0.1, -0.05) is 70.0 Å². The molecule has 0 spiro atoms. The van der Waals surface area contributed by atoms with Crippen LogP contribution in [0.3, 0.4) is 0 Å². The Morgan fingerprint density at radius 2 is 1.88 bits per heavy atom. The third-order valence-electron chi connectivity index (χ3n) is 10.4. The molecule has 0 radical (unpaired) electrons. The monoisotopic (exact) mass is 688 g/mol. The zero-order valence-electron chi connectivity index (χ0n) is 29.5. The van der Waals surface area contributed by atoms with Gasteiger partial charge in [0.1, 0.15) is 29.5 Å². The van der Waals surface area contributed by atoms with Crippen LogP contribution >= 0.6 is 0 Å². The van der Waals surface area contributed by atoms with E-state index in [1.54, 1.807) is 19.1 Å². The number of hydrogen-bond donors (Lipinski definition) is 2. The minimum absolute atomic E-state index is 0.00770. The smallest absolute Gasteiger partial charge is 0.410 e. The van der Waals surface area contributed by atoms with E-state index in [0.717, 1.165) is 42.5 Å². The van der Waals surface area contributed by atoms with Gasteiger partial charge in [0.25, 0.3) is 0 Å². The van der Waals surface area contributed by atoms with Gasteiger partial charge in [0.2, 0.25) is 11.8 Å². The number of fused-ring (bicyclic) bond motifs is 3. The Kier molecular flexibility index (Phi) is 10.2. The Balaban J connectivity index is 1.27. The summed E-state index contributed by atoms with van der Waals surface area (Å²) in [4.78, 5) is 58.3. The summed E-state index contributed by atoms with van der Waals surface area (Å²) >= 11 is 0. The van der Waals surface area contributed by atoms with Gasteiger partial charge >= 0.3 is 12.1 Å². The molecule has 3 amide bonds. The van der Waals surface area contributed by atoms with Crippen LogP contribution in [0.4, 0.5) is 14.9 Å². The first-order valence-corrected chi connectivity index (χ1v) is 17.9. The molecule has 268 valence electrons. The summed E-state index contributed by atoms with van der Waals surface area (Å²) < 4.78 is 25.8. The number of carbonyl (C=O) groups excluding carboxylic acids is 4. The number of hydrogen-bond acceptors (Lipinski definition) is 7. The highest BCUT2D eigenvalue weighted by Gasteiger charge is 2.62. The van der Waals surface area contributed by atoms with Gasteiger partial charge in [0.15, 0.2) is 0 Å². The zero-order valence-corrected chi connectivity index (χ0v) is 29.5. The zero-order chi connectivity index (χ0) is 35.6. The molecule has 2 aromatic rings. The molecule has 2 fully saturated rings. The molecule has 2 N–H and O–H groups in total. The van der Waals surface area contributed by atoms with Crippen molar-refractivity contribution in [3.8, 4) is 0 Å². The van der Waals surface area contributed by atoms with Gasteiger partial charge < -0.3 is 25.0 Å². The molecule has 1 saturated heterocycles. The number of nitrogens with one attached hydrogen (secondary N) is 2. The van der Waals surface area contributed by atoms with Crippen LogP contribution in [0.2, 0.25) is 0 Å². The first-order valence-electron chi connectivity index (χ1n) is 17.9. The molecule has 11 heteroatoms. The van der Waals surface area contributed by atoms with Gasteiger partial charge in [-0.25, -0.2) is 14.0 Å². The lowest BCUT2D eigenvalue weighted by Gasteiger charge is -2.30. The topological polar surface area (TPSA) is 117 Å². The van der Waals surface area contributed by atoms with Crippen LogP contribution in [-0.2, 0) is 42.4 Å². The Bertz CT molecular complexity index is 1660. The highest BCUT2D eigenvalue weighted by Crippen LogP contribution is 2.46. The summed E-state index contributed by atoms with van der Waals surface area (Å²) in [5.41, 5.74) is 1.81. The highest BCUT2D eigenvalue weighted by molar-refractivity contribution is 5.96. The van der Waals surface area contributed by atoms with Crippen LogP contribution in [0.15, 0.2) is 54.6 Å². The molecule has 6 rings (SSSR count). The third-order valence-corrected chi connectivity index (χ3v) is 10.4. The Morgan fingerprint density at radius 3 is 2.64 bits per heavy atom. The summed E-state index contributed by atoms with van der Waals surface area (Å²) in [5, 5.41) is 6.45. The van der Waals surface area contributed by atoms with Gasteiger partial charge in [0, 0.05) is 30.1 Å². The van der Waals surface area contributed by atoms with Crippen LogP contribution < -0.4 is 10.6 Å². The van der Waals surface area contributed by atoms with Crippen molar-refractivity contribution in [3.63, 3.8) is 0 Å².